The van der Waals surface area contributed by atoms with Crippen LogP contribution >= 0.6 is 23.4 Å². The molecule has 1 aromatic rings. The van der Waals surface area contributed by atoms with Gasteiger partial charge in [-0.25, -0.2) is 4.39 Å². The fourth-order valence-corrected chi connectivity index (χ4v) is 2.63. The van der Waals surface area contributed by atoms with Crippen LogP contribution in [0, 0.1) is 5.82 Å². The van der Waals surface area contributed by atoms with Gasteiger partial charge in [0.2, 0.25) is 0 Å². The lowest BCUT2D eigenvalue weighted by atomic mass is 10.1. The average molecular weight is 203 g/mol. The molecular formula is C9H8ClFS. The highest BCUT2D eigenvalue weighted by Crippen LogP contribution is 2.33. The van der Waals surface area contributed by atoms with E-state index in [9.17, 15) is 4.39 Å². The van der Waals surface area contributed by atoms with Crippen LogP contribution in [0.1, 0.15) is 12.0 Å². The minimum atomic E-state index is -0.294. The highest BCUT2D eigenvalue weighted by atomic mass is 35.5. The number of hydrogen-bond donors (Lipinski definition) is 0. The Morgan fingerprint density at radius 1 is 1.42 bits per heavy atom. The van der Waals surface area contributed by atoms with Crippen molar-refractivity contribution in [3.05, 3.63) is 28.5 Å². The van der Waals surface area contributed by atoms with E-state index in [0.717, 1.165) is 29.1 Å². The first kappa shape index (κ1) is 8.39. The lowest BCUT2D eigenvalue weighted by molar-refractivity contribution is 0.623. The predicted octanol–water partition coefficient (Wildman–Crippen LogP) is 3.52. The summed E-state index contributed by atoms with van der Waals surface area (Å²) in [7, 11) is 0. The Hall–Kier alpha value is -0.210. The van der Waals surface area contributed by atoms with Gasteiger partial charge in [-0.15, -0.1) is 11.8 Å². The summed E-state index contributed by atoms with van der Waals surface area (Å²) in [5.41, 5.74) is 1.10. The third-order valence-corrected chi connectivity index (χ3v) is 3.42. The van der Waals surface area contributed by atoms with Gasteiger partial charge in [0.25, 0.3) is 0 Å². The van der Waals surface area contributed by atoms with E-state index >= 15 is 0 Å². The lowest BCUT2D eigenvalue weighted by Crippen LogP contribution is -1.99. The van der Waals surface area contributed by atoms with Crippen LogP contribution in [-0.2, 0) is 6.42 Å². The van der Waals surface area contributed by atoms with Gasteiger partial charge in [0, 0.05) is 4.90 Å². The fourth-order valence-electron chi connectivity index (χ4n) is 1.34. The van der Waals surface area contributed by atoms with E-state index in [4.69, 9.17) is 11.6 Å². The maximum absolute atomic E-state index is 13.0. The van der Waals surface area contributed by atoms with Crippen molar-refractivity contribution in [2.45, 2.75) is 17.7 Å². The molecule has 0 nitrogen and oxygen atoms in total. The number of halogens is 2. The molecule has 0 atom stereocenters. The standard InChI is InChI=1S/C9H8ClFS/c10-7-5-9-6(4-8(7)11)2-1-3-12-9/h4-5H,1-3H2. The number of thioether (sulfide) groups is 1. The fraction of sp³-hybridized carbons (Fsp3) is 0.333. The first-order chi connectivity index (χ1) is 5.77. The van der Waals surface area contributed by atoms with E-state index in [1.807, 2.05) is 0 Å². The van der Waals surface area contributed by atoms with Crippen LogP contribution in [0.25, 0.3) is 0 Å². The van der Waals surface area contributed by atoms with Gasteiger partial charge in [0.05, 0.1) is 5.02 Å². The van der Waals surface area contributed by atoms with Crippen LogP contribution < -0.4 is 0 Å². The molecule has 1 aliphatic rings. The zero-order valence-corrected chi connectivity index (χ0v) is 8.01. The Bertz CT molecular complexity index is 281. The average Bonchev–Trinajstić information content (AvgIpc) is 2.07. The minimum Gasteiger partial charge on any atom is -0.205 e. The molecule has 0 N–H and O–H groups in total. The Kier molecular flexibility index (Phi) is 2.28. The molecule has 0 bridgehead atoms. The second kappa shape index (κ2) is 3.27. The van der Waals surface area contributed by atoms with Crippen molar-refractivity contribution >= 4 is 23.4 Å². The van der Waals surface area contributed by atoms with Crippen molar-refractivity contribution in [2.24, 2.45) is 0 Å². The minimum absolute atomic E-state index is 0.239. The molecule has 0 spiro atoms. The largest absolute Gasteiger partial charge is 0.205 e. The van der Waals surface area contributed by atoms with Crippen molar-refractivity contribution in [1.29, 1.82) is 0 Å². The smallest absolute Gasteiger partial charge is 0.142 e. The topological polar surface area (TPSA) is 0 Å². The first-order valence-corrected chi connectivity index (χ1v) is 5.24. The number of aryl methyl sites for hydroxylation is 1. The molecule has 12 heavy (non-hydrogen) atoms. The van der Waals surface area contributed by atoms with E-state index in [1.165, 1.54) is 0 Å². The summed E-state index contributed by atoms with van der Waals surface area (Å²) in [6.07, 6.45) is 2.12. The van der Waals surface area contributed by atoms with Gasteiger partial charge < -0.3 is 0 Å². The van der Waals surface area contributed by atoms with Crippen LogP contribution in [0.4, 0.5) is 4.39 Å². The van der Waals surface area contributed by atoms with Crippen LogP contribution in [0.2, 0.25) is 5.02 Å². The van der Waals surface area contributed by atoms with Gasteiger partial charge in [-0.05, 0) is 36.3 Å². The molecule has 0 radical (unpaired) electrons. The zero-order valence-electron chi connectivity index (χ0n) is 6.44. The molecule has 0 aliphatic carbocycles. The number of fused-ring (bicyclic) bond motifs is 1. The van der Waals surface area contributed by atoms with Crippen LogP contribution in [0.3, 0.4) is 0 Å². The van der Waals surface area contributed by atoms with E-state index in [0.29, 0.717) is 0 Å². The number of benzene rings is 1. The molecule has 1 heterocycles. The van der Waals surface area contributed by atoms with Crippen LogP contribution in [-0.4, -0.2) is 5.75 Å². The number of rotatable bonds is 0. The van der Waals surface area contributed by atoms with Gasteiger partial charge >= 0.3 is 0 Å². The summed E-state index contributed by atoms with van der Waals surface area (Å²) in [6.45, 7) is 0. The molecule has 1 aliphatic heterocycles. The molecule has 0 amide bonds. The quantitative estimate of drug-likeness (QED) is 0.621. The van der Waals surface area contributed by atoms with Gasteiger partial charge in [-0.2, -0.15) is 0 Å². The molecule has 3 heteroatoms. The van der Waals surface area contributed by atoms with Crippen molar-refractivity contribution in [3.8, 4) is 0 Å². The molecule has 0 aromatic heterocycles. The van der Waals surface area contributed by atoms with Crippen molar-refractivity contribution < 1.29 is 4.39 Å². The summed E-state index contributed by atoms with van der Waals surface area (Å²) in [5.74, 6) is 0.826. The van der Waals surface area contributed by atoms with Gasteiger partial charge in [0.1, 0.15) is 5.82 Å². The molecule has 1 aromatic carbocycles. The first-order valence-electron chi connectivity index (χ1n) is 3.88. The van der Waals surface area contributed by atoms with Crippen molar-refractivity contribution in [1.82, 2.24) is 0 Å². The molecule has 2 rings (SSSR count). The Morgan fingerprint density at radius 3 is 3.08 bits per heavy atom. The summed E-state index contributed by atoms with van der Waals surface area (Å²) < 4.78 is 13.0. The van der Waals surface area contributed by atoms with E-state index in [1.54, 1.807) is 23.9 Å². The molecule has 0 saturated carbocycles. The summed E-state index contributed by atoms with van der Waals surface area (Å²) in [4.78, 5) is 1.15. The normalized spacial score (nSPS) is 15.8. The van der Waals surface area contributed by atoms with Gasteiger partial charge in [-0.3, -0.25) is 0 Å². The van der Waals surface area contributed by atoms with E-state index in [-0.39, 0.29) is 10.8 Å². The predicted molar refractivity (Wildman–Crippen MR) is 50.5 cm³/mol. The third-order valence-electron chi connectivity index (χ3n) is 1.95. The highest BCUT2D eigenvalue weighted by Gasteiger charge is 2.12. The van der Waals surface area contributed by atoms with Crippen molar-refractivity contribution in [3.63, 3.8) is 0 Å². The monoisotopic (exact) mass is 202 g/mol. The summed E-state index contributed by atoms with van der Waals surface area (Å²) >= 11 is 7.42. The SMILES string of the molecule is Fc1cc2c(cc1Cl)SCCC2. The molecule has 0 unspecified atom stereocenters. The van der Waals surface area contributed by atoms with Crippen LogP contribution in [0.15, 0.2) is 17.0 Å². The Morgan fingerprint density at radius 2 is 2.25 bits per heavy atom. The summed E-state index contributed by atoms with van der Waals surface area (Å²) in [5, 5.41) is 0.239. The van der Waals surface area contributed by atoms with E-state index < -0.39 is 0 Å². The maximum atomic E-state index is 13.0. The zero-order chi connectivity index (χ0) is 8.55. The van der Waals surface area contributed by atoms with Crippen LogP contribution in [0.5, 0.6) is 0 Å². The highest BCUT2D eigenvalue weighted by molar-refractivity contribution is 7.99. The molecule has 0 saturated heterocycles. The second-order valence-electron chi connectivity index (χ2n) is 2.83. The molecule has 0 fully saturated rings. The maximum Gasteiger partial charge on any atom is 0.142 e. The lowest BCUT2D eigenvalue weighted by Gasteiger charge is -2.14. The van der Waals surface area contributed by atoms with Gasteiger partial charge in [-0.1, -0.05) is 11.6 Å². The van der Waals surface area contributed by atoms with E-state index in [2.05, 4.69) is 0 Å². The number of hydrogen-bond acceptors (Lipinski definition) is 1. The molecular weight excluding hydrogens is 195 g/mol. The Labute approximate surface area is 80.1 Å². The second-order valence-corrected chi connectivity index (χ2v) is 4.37. The third kappa shape index (κ3) is 1.46. The van der Waals surface area contributed by atoms with Gasteiger partial charge in [0.15, 0.2) is 0 Å². The Balaban J connectivity index is 2.49. The molecule has 64 valence electrons. The summed E-state index contributed by atoms with van der Waals surface area (Å²) in [6, 6.07) is 3.29. The van der Waals surface area contributed by atoms with Crippen molar-refractivity contribution in [2.75, 3.05) is 5.75 Å².